The zero-order valence-corrected chi connectivity index (χ0v) is 12.2. The molecule has 0 heterocycles. The fourth-order valence-corrected chi connectivity index (χ4v) is 1.68. The van der Waals surface area contributed by atoms with E-state index >= 15 is 0 Å². The molecule has 3 N–H and O–H groups in total. The summed E-state index contributed by atoms with van der Waals surface area (Å²) in [5, 5.41) is 2.71. The third-order valence-corrected chi connectivity index (χ3v) is 3.18. The predicted molar refractivity (Wildman–Crippen MR) is 75.1 cm³/mol. The van der Waals surface area contributed by atoms with Crippen LogP contribution in [-0.4, -0.2) is 18.5 Å². The van der Waals surface area contributed by atoms with Crippen LogP contribution in [-0.2, 0) is 11.2 Å². The van der Waals surface area contributed by atoms with E-state index in [0.717, 1.165) is 6.07 Å². The molecule has 1 unspecified atom stereocenters. The van der Waals surface area contributed by atoms with Gasteiger partial charge in [-0.1, -0.05) is 20.8 Å². The third kappa shape index (κ3) is 5.65. The monoisotopic (exact) mass is 284 g/mol. The molecular weight excluding hydrogens is 262 g/mol. The lowest BCUT2D eigenvalue weighted by Crippen LogP contribution is -2.40. The second kappa shape index (κ2) is 6.79. The Labute approximate surface area is 118 Å². The Morgan fingerprint density at radius 3 is 2.30 bits per heavy atom. The van der Waals surface area contributed by atoms with Gasteiger partial charge in [-0.2, -0.15) is 0 Å². The van der Waals surface area contributed by atoms with Crippen molar-refractivity contribution in [2.75, 3.05) is 6.54 Å². The van der Waals surface area contributed by atoms with Crippen molar-refractivity contribution in [3.05, 3.63) is 35.4 Å². The highest BCUT2D eigenvalue weighted by molar-refractivity contribution is 5.76. The van der Waals surface area contributed by atoms with Gasteiger partial charge in [-0.15, -0.1) is 0 Å². The quantitative estimate of drug-likeness (QED) is 0.872. The Hall–Kier alpha value is -1.49. The Balaban J connectivity index is 2.39. The van der Waals surface area contributed by atoms with Gasteiger partial charge in [0.25, 0.3) is 0 Å². The van der Waals surface area contributed by atoms with Gasteiger partial charge in [0.2, 0.25) is 5.91 Å². The average molecular weight is 284 g/mol. The predicted octanol–water partition coefficient (Wildman–Crippen LogP) is 2.39. The molecule has 0 bridgehead atoms. The highest BCUT2D eigenvalue weighted by Crippen LogP contribution is 2.19. The number of amides is 1. The molecule has 0 radical (unpaired) electrons. The normalized spacial score (nSPS) is 13.1. The Morgan fingerprint density at radius 2 is 1.80 bits per heavy atom. The number of carbonyl (C=O) groups is 1. The number of hydrogen-bond acceptors (Lipinski definition) is 2. The van der Waals surface area contributed by atoms with Crippen LogP contribution in [0.3, 0.4) is 0 Å². The van der Waals surface area contributed by atoms with Gasteiger partial charge in [-0.05, 0) is 29.5 Å². The first-order valence-corrected chi connectivity index (χ1v) is 6.66. The van der Waals surface area contributed by atoms with Crippen LogP contribution in [0.15, 0.2) is 18.2 Å². The average Bonchev–Trinajstić information content (AvgIpc) is 2.26. The van der Waals surface area contributed by atoms with Crippen LogP contribution in [0.25, 0.3) is 0 Å². The topological polar surface area (TPSA) is 55.1 Å². The standard InChI is InChI=1S/C15H22F2N2O/c1-15(2,3)13(18)9-14(20)19-5-4-10-6-11(16)8-12(17)7-10/h6-8,13H,4-5,9,18H2,1-3H3,(H,19,20). The largest absolute Gasteiger partial charge is 0.356 e. The Bertz CT molecular complexity index is 449. The van der Waals surface area contributed by atoms with Crippen molar-refractivity contribution < 1.29 is 13.6 Å². The summed E-state index contributed by atoms with van der Waals surface area (Å²) < 4.78 is 25.9. The van der Waals surface area contributed by atoms with Gasteiger partial charge in [0.15, 0.2) is 0 Å². The van der Waals surface area contributed by atoms with Crippen molar-refractivity contribution in [2.45, 2.75) is 39.7 Å². The van der Waals surface area contributed by atoms with Gasteiger partial charge in [-0.25, -0.2) is 8.78 Å². The number of halogens is 2. The first-order chi connectivity index (χ1) is 9.18. The summed E-state index contributed by atoms with van der Waals surface area (Å²) in [7, 11) is 0. The van der Waals surface area contributed by atoms with E-state index in [4.69, 9.17) is 5.73 Å². The zero-order valence-electron chi connectivity index (χ0n) is 12.2. The van der Waals surface area contributed by atoms with Gasteiger partial charge in [0.05, 0.1) is 0 Å². The number of hydrogen-bond donors (Lipinski definition) is 2. The van der Waals surface area contributed by atoms with Gasteiger partial charge in [0.1, 0.15) is 11.6 Å². The molecule has 0 aliphatic rings. The van der Waals surface area contributed by atoms with Crippen molar-refractivity contribution in [3.63, 3.8) is 0 Å². The fourth-order valence-electron chi connectivity index (χ4n) is 1.68. The summed E-state index contributed by atoms with van der Waals surface area (Å²) in [5.41, 5.74) is 6.29. The van der Waals surface area contributed by atoms with E-state index in [0.29, 0.717) is 18.5 Å². The third-order valence-electron chi connectivity index (χ3n) is 3.18. The molecule has 1 aromatic rings. The Kier molecular flexibility index (Phi) is 5.62. The van der Waals surface area contributed by atoms with Crippen LogP contribution in [0.1, 0.15) is 32.8 Å². The van der Waals surface area contributed by atoms with Crippen LogP contribution in [0, 0.1) is 17.0 Å². The van der Waals surface area contributed by atoms with Crippen LogP contribution in [0.4, 0.5) is 8.78 Å². The van der Waals surface area contributed by atoms with E-state index in [1.54, 1.807) is 0 Å². The van der Waals surface area contributed by atoms with E-state index in [2.05, 4.69) is 5.32 Å². The molecule has 0 saturated carbocycles. The van der Waals surface area contributed by atoms with Crippen molar-refractivity contribution in [3.8, 4) is 0 Å². The SMILES string of the molecule is CC(C)(C)C(N)CC(=O)NCCc1cc(F)cc(F)c1. The molecule has 0 aliphatic heterocycles. The van der Waals surface area contributed by atoms with Crippen molar-refractivity contribution in [1.82, 2.24) is 5.32 Å². The van der Waals surface area contributed by atoms with E-state index in [-0.39, 0.29) is 23.8 Å². The first kappa shape index (κ1) is 16.6. The highest BCUT2D eigenvalue weighted by Gasteiger charge is 2.22. The molecule has 0 aliphatic carbocycles. The minimum atomic E-state index is -0.610. The second-order valence-corrected chi connectivity index (χ2v) is 6.05. The number of rotatable bonds is 5. The van der Waals surface area contributed by atoms with Crippen LogP contribution in [0.5, 0.6) is 0 Å². The molecule has 5 heteroatoms. The summed E-state index contributed by atoms with van der Waals surface area (Å²) in [6, 6.07) is 3.12. The maximum Gasteiger partial charge on any atom is 0.221 e. The number of nitrogens with two attached hydrogens (primary N) is 1. The summed E-state index contributed by atoms with van der Waals surface area (Å²) in [6.45, 7) is 6.25. The van der Waals surface area contributed by atoms with Crippen molar-refractivity contribution in [1.29, 1.82) is 0 Å². The van der Waals surface area contributed by atoms with E-state index in [1.165, 1.54) is 12.1 Å². The van der Waals surface area contributed by atoms with Gasteiger partial charge in [-0.3, -0.25) is 4.79 Å². The van der Waals surface area contributed by atoms with Gasteiger partial charge in [0, 0.05) is 25.1 Å². The lowest BCUT2D eigenvalue weighted by molar-refractivity contribution is -0.121. The first-order valence-electron chi connectivity index (χ1n) is 6.66. The van der Waals surface area contributed by atoms with Gasteiger partial charge >= 0.3 is 0 Å². The minimum absolute atomic E-state index is 0.136. The minimum Gasteiger partial charge on any atom is -0.356 e. The molecule has 1 atom stereocenters. The molecule has 112 valence electrons. The summed E-state index contributed by atoms with van der Waals surface area (Å²) in [4.78, 5) is 11.7. The zero-order chi connectivity index (χ0) is 15.3. The number of nitrogens with one attached hydrogen (secondary N) is 1. The molecule has 20 heavy (non-hydrogen) atoms. The summed E-state index contributed by atoms with van der Waals surface area (Å²) in [5.74, 6) is -1.37. The summed E-state index contributed by atoms with van der Waals surface area (Å²) >= 11 is 0. The molecule has 0 aromatic heterocycles. The Morgan fingerprint density at radius 1 is 1.25 bits per heavy atom. The second-order valence-electron chi connectivity index (χ2n) is 6.05. The molecule has 0 saturated heterocycles. The highest BCUT2D eigenvalue weighted by atomic mass is 19.1. The van der Waals surface area contributed by atoms with E-state index in [1.807, 2.05) is 20.8 Å². The lowest BCUT2D eigenvalue weighted by atomic mass is 9.85. The van der Waals surface area contributed by atoms with Crippen molar-refractivity contribution >= 4 is 5.91 Å². The molecule has 0 fully saturated rings. The number of carbonyl (C=O) groups excluding carboxylic acids is 1. The van der Waals surface area contributed by atoms with Crippen LogP contribution in [0.2, 0.25) is 0 Å². The molecule has 1 amide bonds. The van der Waals surface area contributed by atoms with Crippen molar-refractivity contribution in [2.24, 2.45) is 11.1 Å². The van der Waals surface area contributed by atoms with E-state index < -0.39 is 11.6 Å². The molecule has 3 nitrogen and oxygen atoms in total. The molecular formula is C15H22F2N2O. The lowest BCUT2D eigenvalue weighted by Gasteiger charge is -2.26. The fraction of sp³-hybridized carbons (Fsp3) is 0.533. The van der Waals surface area contributed by atoms with Crippen LogP contribution >= 0.6 is 0 Å². The smallest absolute Gasteiger partial charge is 0.221 e. The molecule has 1 aromatic carbocycles. The summed E-state index contributed by atoms with van der Waals surface area (Å²) in [6.07, 6.45) is 0.617. The molecule has 0 spiro atoms. The maximum absolute atomic E-state index is 13.0. The maximum atomic E-state index is 13.0. The number of benzene rings is 1. The molecule has 1 rings (SSSR count). The van der Waals surface area contributed by atoms with Crippen LogP contribution < -0.4 is 11.1 Å². The van der Waals surface area contributed by atoms with E-state index in [9.17, 15) is 13.6 Å². The van der Waals surface area contributed by atoms with Gasteiger partial charge < -0.3 is 11.1 Å².